The van der Waals surface area contributed by atoms with E-state index in [1.54, 1.807) is 30.3 Å². The van der Waals surface area contributed by atoms with Gasteiger partial charge in [0, 0.05) is 0 Å². The molecular formula is C14H11N3O4S. The number of anilines is 1. The van der Waals surface area contributed by atoms with E-state index in [-0.39, 0.29) is 27.2 Å². The largest absolute Gasteiger partial charge is 0.364 e. The first-order valence-electron chi connectivity index (χ1n) is 6.25. The second-order valence-corrected chi connectivity index (χ2v) is 6.18. The minimum atomic E-state index is -3.80. The van der Waals surface area contributed by atoms with Crippen LogP contribution in [0.25, 0.3) is 11.0 Å². The van der Waals surface area contributed by atoms with E-state index in [0.717, 1.165) is 0 Å². The summed E-state index contributed by atoms with van der Waals surface area (Å²) in [4.78, 5) is 11.5. The number of rotatable bonds is 4. The van der Waals surface area contributed by atoms with E-state index in [2.05, 4.69) is 9.88 Å². The Hall–Kier alpha value is -2.87. The van der Waals surface area contributed by atoms with Gasteiger partial charge < -0.3 is 10.3 Å². The van der Waals surface area contributed by atoms with Crippen molar-refractivity contribution < 1.29 is 17.7 Å². The SMILES string of the molecule is NC(=O)c1noc2cccc(NS(=O)(=O)c3ccccc3)c12. The Labute approximate surface area is 125 Å². The van der Waals surface area contributed by atoms with Gasteiger partial charge in [-0.2, -0.15) is 0 Å². The topological polar surface area (TPSA) is 115 Å². The van der Waals surface area contributed by atoms with Gasteiger partial charge in [-0.15, -0.1) is 0 Å². The zero-order valence-corrected chi connectivity index (χ0v) is 12.0. The number of carbonyl (C=O) groups excluding carboxylic acids is 1. The van der Waals surface area contributed by atoms with E-state index >= 15 is 0 Å². The third-order valence-corrected chi connectivity index (χ3v) is 4.41. The fraction of sp³-hybridized carbons (Fsp3) is 0. The van der Waals surface area contributed by atoms with Crippen molar-refractivity contribution in [3.8, 4) is 0 Å². The Morgan fingerprint density at radius 2 is 1.82 bits per heavy atom. The molecular weight excluding hydrogens is 306 g/mol. The first-order chi connectivity index (χ1) is 10.5. The normalized spacial score (nSPS) is 11.5. The maximum absolute atomic E-state index is 12.4. The summed E-state index contributed by atoms with van der Waals surface area (Å²) in [6.07, 6.45) is 0. The number of amides is 1. The molecule has 3 rings (SSSR count). The predicted molar refractivity (Wildman–Crippen MR) is 79.8 cm³/mol. The number of fused-ring (bicyclic) bond motifs is 1. The molecule has 7 nitrogen and oxygen atoms in total. The quantitative estimate of drug-likeness (QED) is 0.760. The molecule has 0 aliphatic heterocycles. The van der Waals surface area contributed by atoms with Crippen LogP contribution in [0.4, 0.5) is 5.69 Å². The lowest BCUT2D eigenvalue weighted by Gasteiger charge is -2.08. The lowest BCUT2D eigenvalue weighted by Crippen LogP contribution is -2.15. The van der Waals surface area contributed by atoms with Crippen LogP contribution < -0.4 is 10.5 Å². The molecule has 0 saturated carbocycles. The maximum Gasteiger partial charge on any atom is 0.271 e. The van der Waals surface area contributed by atoms with Crippen molar-refractivity contribution in [1.82, 2.24) is 5.16 Å². The van der Waals surface area contributed by atoms with Crippen molar-refractivity contribution in [2.24, 2.45) is 5.73 Å². The highest BCUT2D eigenvalue weighted by atomic mass is 32.2. The van der Waals surface area contributed by atoms with Gasteiger partial charge in [0.15, 0.2) is 11.3 Å². The second kappa shape index (κ2) is 5.15. The monoisotopic (exact) mass is 317 g/mol. The van der Waals surface area contributed by atoms with Crippen LogP contribution in [-0.2, 0) is 10.0 Å². The first-order valence-corrected chi connectivity index (χ1v) is 7.73. The second-order valence-electron chi connectivity index (χ2n) is 4.49. The number of primary amides is 1. The Kier molecular flexibility index (Phi) is 3.30. The van der Waals surface area contributed by atoms with E-state index in [9.17, 15) is 13.2 Å². The number of sulfonamides is 1. The Balaban J connectivity index is 2.12. The average Bonchev–Trinajstić information content (AvgIpc) is 2.93. The van der Waals surface area contributed by atoms with Crippen molar-refractivity contribution in [3.63, 3.8) is 0 Å². The number of nitrogens with two attached hydrogens (primary N) is 1. The number of benzene rings is 2. The number of hydrogen-bond acceptors (Lipinski definition) is 5. The lowest BCUT2D eigenvalue weighted by molar-refractivity contribution is 0.0993. The molecule has 3 N–H and O–H groups in total. The lowest BCUT2D eigenvalue weighted by atomic mass is 10.2. The highest BCUT2D eigenvalue weighted by Crippen LogP contribution is 2.28. The van der Waals surface area contributed by atoms with Crippen LogP contribution in [-0.4, -0.2) is 19.5 Å². The van der Waals surface area contributed by atoms with Gasteiger partial charge in [-0.25, -0.2) is 8.42 Å². The molecule has 1 heterocycles. The van der Waals surface area contributed by atoms with E-state index < -0.39 is 15.9 Å². The first kappa shape index (κ1) is 14.1. The van der Waals surface area contributed by atoms with Crippen molar-refractivity contribution in [1.29, 1.82) is 0 Å². The fourth-order valence-electron chi connectivity index (χ4n) is 2.05. The molecule has 3 aromatic rings. The van der Waals surface area contributed by atoms with E-state index in [4.69, 9.17) is 10.3 Å². The van der Waals surface area contributed by atoms with Gasteiger partial charge in [0.25, 0.3) is 15.9 Å². The number of carbonyl (C=O) groups is 1. The molecule has 0 aliphatic carbocycles. The van der Waals surface area contributed by atoms with Crippen LogP contribution in [0.1, 0.15) is 10.5 Å². The Bertz CT molecular complexity index is 949. The van der Waals surface area contributed by atoms with Gasteiger partial charge in [-0.05, 0) is 24.3 Å². The van der Waals surface area contributed by atoms with Crippen LogP contribution in [0, 0.1) is 0 Å². The molecule has 0 saturated heterocycles. The van der Waals surface area contributed by atoms with Crippen LogP contribution >= 0.6 is 0 Å². The molecule has 0 aliphatic rings. The molecule has 0 radical (unpaired) electrons. The number of nitrogens with one attached hydrogen (secondary N) is 1. The van der Waals surface area contributed by atoms with Gasteiger partial charge >= 0.3 is 0 Å². The Morgan fingerprint density at radius 1 is 1.09 bits per heavy atom. The molecule has 1 amide bonds. The van der Waals surface area contributed by atoms with Crippen LogP contribution in [0.5, 0.6) is 0 Å². The molecule has 0 unspecified atom stereocenters. The van der Waals surface area contributed by atoms with Gasteiger partial charge in [0.2, 0.25) is 0 Å². The van der Waals surface area contributed by atoms with E-state index in [1.165, 1.54) is 18.2 Å². The highest BCUT2D eigenvalue weighted by molar-refractivity contribution is 7.92. The van der Waals surface area contributed by atoms with Gasteiger partial charge in [-0.1, -0.05) is 29.4 Å². The summed E-state index contributed by atoms with van der Waals surface area (Å²) in [5, 5.41) is 3.80. The maximum atomic E-state index is 12.4. The van der Waals surface area contributed by atoms with Crippen LogP contribution in [0.3, 0.4) is 0 Å². The molecule has 112 valence electrons. The summed E-state index contributed by atoms with van der Waals surface area (Å²) in [5.74, 6) is -0.801. The third kappa shape index (κ3) is 2.40. The van der Waals surface area contributed by atoms with Crippen molar-refractivity contribution in [2.45, 2.75) is 4.90 Å². The smallest absolute Gasteiger partial charge is 0.271 e. The molecule has 0 spiro atoms. The predicted octanol–water partition coefficient (Wildman–Crippen LogP) is 1.73. The zero-order chi connectivity index (χ0) is 15.7. The van der Waals surface area contributed by atoms with Gasteiger partial charge in [0.05, 0.1) is 16.0 Å². The summed E-state index contributed by atoms with van der Waals surface area (Å²) in [6.45, 7) is 0. The third-order valence-electron chi connectivity index (χ3n) is 3.03. The average molecular weight is 317 g/mol. The molecule has 0 bridgehead atoms. The summed E-state index contributed by atoms with van der Waals surface area (Å²) in [5.41, 5.74) is 5.55. The fourth-order valence-corrected chi connectivity index (χ4v) is 3.14. The number of aromatic nitrogens is 1. The molecule has 8 heteroatoms. The molecule has 22 heavy (non-hydrogen) atoms. The summed E-state index contributed by atoms with van der Waals surface area (Å²) >= 11 is 0. The minimum absolute atomic E-state index is 0.101. The molecule has 0 fully saturated rings. The van der Waals surface area contributed by atoms with Crippen LogP contribution in [0.2, 0.25) is 0 Å². The number of nitrogens with zero attached hydrogens (tertiary/aromatic N) is 1. The van der Waals surface area contributed by atoms with Gasteiger partial charge in [0.1, 0.15) is 0 Å². The molecule has 2 aromatic carbocycles. The molecule has 0 atom stereocenters. The summed E-state index contributed by atoms with van der Waals surface area (Å²) in [6, 6.07) is 12.5. The van der Waals surface area contributed by atoms with Crippen molar-refractivity contribution >= 4 is 32.6 Å². The van der Waals surface area contributed by atoms with Crippen molar-refractivity contribution in [2.75, 3.05) is 4.72 Å². The van der Waals surface area contributed by atoms with Gasteiger partial charge in [-0.3, -0.25) is 9.52 Å². The summed E-state index contributed by atoms with van der Waals surface area (Å²) in [7, 11) is -3.80. The Morgan fingerprint density at radius 3 is 2.50 bits per heavy atom. The number of hydrogen-bond donors (Lipinski definition) is 2. The highest BCUT2D eigenvalue weighted by Gasteiger charge is 2.20. The zero-order valence-electron chi connectivity index (χ0n) is 11.2. The minimum Gasteiger partial charge on any atom is -0.364 e. The molecule has 1 aromatic heterocycles. The van der Waals surface area contributed by atoms with E-state index in [0.29, 0.717) is 0 Å². The summed E-state index contributed by atoms with van der Waals surface area (Å²) < 4.78 is 32.1. The standard InChI is InChI=1S/C14H11N3O4S/c15-14(18)13-12-10(7-4-8-11(12)21-16-13)17-22(19,20)9-5-2-1-3-6-9/h1-8,17H,(H2,15,18). The van der Waals surface area contributed by atoms with Crippen molar-refractivity contribution in [3.05, 3.63) is 54.2 Å². The van der Waals surface area contributed by atoms with Crippen LogP contribution in [0.15, 0.2) is 57.9 Å². The van der Waals surface area contributed by atoms with E-state index in [1.807, 2.05) is 0 Å².